The fourth-order valence-electron chi connectivity index (χ4n) is 2.10. The zero-order valence-electron chi connectivity index (χ0n) is 10.9. The summed E-state index contributed by atoms with van der Waals surface area (Å²) in [5, 5.41) is 3.44. The van der Waals surface area contributed by atoms with Gasteiger partial charge in [-0.3, -0.25) is 4.98 Å². The lowest BCUT2D eigenvalue weighted by Crippen LogP contribution is -2.17. The Morgan fingerprint density at radius 2 is 1.90 bits per heavy atom. The first-order valence-electron chi connectivity index (χ1n) is 6.50. The summed E-state index contributed by atoms with van der Waals surface area (Å²) in [7, 11) is 0. The summed E-state index contributed by atoms with van der Waals surface area (Å²) >= 11 is 3.56. The first kappa shape index (κ1) is 13.4. The summed E-state index contributed by atoms with van der Waals surface area (Å²) < 4.78 is 11.8. The van der Waals surface area contributed by atoms with E-state index in [2.05, 4.69) is 26.2 Å². The average Bonchev–Trinajstić information content (AvgIpc) is 2.91. The highest BCUT2D eigenvalue weighted by Gasteiger charge is 2.15. The molecule has 0 fully saturated rings. The maximum absolute atomic E-state index is 5.39. The van der Waals surface area contributed by atoms with Crippen LogP contribution in [0.1, 0.15) is 11.1 Å². The first-order chi connectivity index (χ1) is 9.83. The fourth-order valence-corrected chi connectivity index (χ4v) is 2.56. The summed E-state index contributed by atoms with van der Waals surface area (Å²) in [5.74, 6) is 1.62. The maximum atomic E-state index is 5.39. The van der Waals surface area contributed by atoms with Gasteiger partial charge in [-0.25, -0.2) is 0 Å². The number of pyridine rings is 1. The van der Waals surface area contributed by atoms with Gasteiger partial charge in [0.2, 0.25) is 6.79 Å². The number of benzene rings is 1. The first-order valence-corrected chi connectivity index (χ1v) is 7.30. The molecule has 5 heteroatoms. The molecule has 0 saturated carbocycles. The molecule has 1 aliphatic rings. The van der Waals surface area contributed by atoms with Gasteiger partial charge in [0.05, 0.1) is 0 Å². The molecule has 4 nitrogen and oxygen atoms in total. The third-order valence-corrected chi connectivity index (χ3v) is 3.94. The molecular formula is C15H15BrN2O2. The standard InChI is InChI=1S/C15H15BrN2O2/c16-13-8-15-14(19-10-20-15)7-12(13)9-18-6-3-11-1-4-17-5-2-11/h1-2,4-5,7-8,18H,3,6,9-10H2. The molecule has 0 unspecified atom stereocenters. The lowest BCUT2D eigenvalue weighted by Gasteiger charge is -2.08. The zero-order chi connectivity index (χ0) is 13.8. The quantitative estimate of drug-likeness (QED) is 0.854. The minimum atomic E-state index is 0.306. The van der Waals surface area contributed by atoms with Crippen molar-refractivity contribution in [2.45, 2.75) is 13.0 Å². The monoisotopic (exact) mass is 334 g/mol. The van der Waals surface area contributed by atoms with Gasteiger partial charge >= 0.3 is 0 Å². The van der Waals surface area contributed by atoms with E-state index >= 15 is 0 Å². The Labute approximate surface area is 126 Å². The number of fused-ring (bicyclic) bond motifs is 1. The maximum Gasteiger partial charge on any atom is 0.231 e. The molecule has 0 saturated heterocycles. The Balaban J connectivity index is 1.54. The third kappa shape index (κ3) is 3.11. The highest BCUT2D eigenvalue weighted by Crippen LogP contribution is 2.36. The van der Waals surface area contributed by atoms with Crippen LogP contribution >= 0.6 is 15.9 Å². The molecule has 104 valence electrons. The van der Waals surface area contributed by atoms with E-state index in [0.717, 1.165) is 35.5 Å². The van der Waals surface area contributed by atoms with Crippen molar-refractivity contribution < 1.29 is 9.47 Å². The number of halogens is 1. The number of ether oxygens (including phenoxy) is 2. The summed E-state index contributed by atoms with van der Waals surface area (Å²) in [5.41, 5.74) is 2.46. The van der Waals surface area contributed by atoms with Crippen molar-refractivity contribution in [1.82, 2.24) is 10.3 Å². The molecule has 0 radical (unpaired) electrons. The minimum Gasteiger partial charge on any atom is -0.454 e. The van der Waals surface area contributed by atoms with Crippen molar-refractivity contribution >= 4 is 15.9 Å². The van der Waals surface area contributed by atoms with Crippen molar-refractivity contribution in [2.75, 3.05) is 13.3 Å². The molecule has 3 rings (SSSR count). The molecule has 0 aliphatic carbocycles. The van der Waals surface area contributed by atoms with Gasteiger partial charge in [-0.2, -0.15) is 0 Å². The Morgan fingerprint density at radius 1 is 1.15 bits per heavy atom. The Morgan fingerprint density at radius 3 is 2.70 bits per heavy atom. The van der Waals surface area contributed by atoms with Crippen LogP contribution in [0.25, 0.3) is 0 Å². The van der Waals surface area contributed by atoms with Gasteiger partial charge in [0.1, 0.15) is 0 Å². The van der Waals surface area contributed by atoms with Crippen LogP contribution in [0.2, 0.25) is 0 Å². The van der Waals surface area contributed by atoms with E-state index in [1.54, 1.807) is 0 Å². The average molecular weight is 335 g/mol. The van der Waals surface area contributed by atoms with E-state index in [-0.39, 0.29) is 0 Å². The van der Waals surface area contributed by atoms with Gasteiger partial charge in [-0.1, -0.05) is 15.9 Å². The Kier molecular flexibility index (Phi) is 4.18. The summed E-state index contributed by atoms with van der Waals surface area (Å²) in [6.07, 6.45) is 4.64. The summed E-state index contributed by atoms with van der Waals surface area (Å²) in [6.45, 7) is 2.02. The van der Waals surface area contributed by atoms with Gasteiger partial charge in [-0.15, -0.1) is 0 Å². The van der Waals surface area contributed by atoms with E-state index in [1.165, 1.54) is 11.1 Å². The van der Waals surface area contributed by atoms with Crippen LogP contribution in [0.15, 0.2) is 41.1 Å². The number of hydrogen-bond donors (Lipinski definition) is 1. The number of aromatic nitrogens is 1. The lowest BCUT2D eigenvalue weighted by molar-refractivity contribution is 0.174. The van der Waals surface area contributed by atoms with Crippen LogP contribution in [0.4, 0.5) is 0 Å². The fraction of sp³-hybridized carbons (Fsp3) is 0.267. The van der Waals surface area contributed by atoms with Crippen molar-refractivity contribution in [3.05, 3.63) is 52.3 Å². The van der Waals surface area contributed by atoms with Crippen molar-refractivity contribution in [1.29, 1.82) is 0 Å². The number of rotatable bonds is 5. The summed E-state index contributed by atoms with van der Waals surface area (Å²) in [6, 6.07) is 8.06. The van der Waals surface area contributed by atoms with Gasteiger partial charge in [0.15, 0.2) is 11.5 Å². The van der Waals surface area contributed by atoms with Gasteiger partial charge < -0.3 is 14.8 Å². The van der Waals surface area contributed by atoms with E-state index < -0.39 is 0 Å². The second-order valence-electron chi connectivity index (χ2n) is 4.58. The predicted molar refractivity (Wildman–Crippen MR) is 79.9 cm³/mol. The molecular weight excluding hydrogens is 320 g/mol. The van der Waals surface area contributed by atoms with Gasteiger partial charge in [0.25, 0.3) is 0 Å². The molecule has 1 aliphatic heterocycles. The van der Waals surface area contributed by atoms with E-state index in [9.17, 15) is 0 Å². The summed E-state index contributed by atoms with van der Waals surface area (Å²) in [4.78, 5) is 4.01. The lowest BCUT2D eigenvalue weighted by atomic mass is 10.2. The number of nitrogens with one attached hydrogen (secondary N) is 1. The normalized spacial score (nSPS) is 12.7. The van der Waals surface area contributed by atoms with Gasteiger partial charge in [-0.05, 0) is 48.4 Å². The number of hydrogen-bond acceptors (Lipinski definition) is 4. The SMILES string of the molecule is Brc1cc2c(cc1CNCCc1ccncc1)OCO2. The largest absolute Gasteiger partial charge is 0.454 e. The van der Waals surface area contributed by atoms with E-state index in [4.69, 9.17) is 9.47 Å². The van der Waals surface area contributed by atoms with Crippen LogP contribution in [0.3, 0.4) is 0 Å². The Bertz CT molecular complexity index is 590. The molecule has 0 amide bonds. The highest BCUT2D eigenvalue weighted by atomic mass is 79.9. The zero-order valence-corrected chi connectivity index (χ0v) is 12.5. The van der Waals surface area contributed by atoms with E-state index in [1.807, 2.05) is 36.7 Å². The van der Waals surface area contributed by atoms with Crippen molar-refractivity contribution in [3.63, 3.8) is 0 Å². The molecule has 1 aromatic heterocycles. The van der Waals surface area contributed by atoms with Crippen LogP contribution in [-0.4, -0.2) is 18.3 Å². The molecule has 2 aromatic rings. The van der Waals surface area contributed by atoms with Crippen LogP contribution in [-0.2, 0) is 13.0 Å². The van der Waals surface area contributed by atoms with Gasteiger partial charge in [0, 0.05) is 23.4 Å². The van der Waals surface area contributed by atoms with E-state index in [0.29, 0.717) is 6.79 Å². The molecule has 0 atom stereocenters. The highest BCUT2D eigenvalue weighted by molar-refractivity contribution is 9.10. The third-order valence-electron chi connectivity index (χ3n) is 3.20. The molecule has 0 bridgehead atoms. The molecule has 1 N–H and O–H groups in total. The number of nitrogens with zero attached hydrogens (tertiary/aromatic N) is 1. The molecule has 20 heavy (non-hydrogen) atoms. The topological polar surface area (TPSA) is 43.4 Å². The Hall–Kier alpha value is -1.59. The van der Waals surface area contributed by atoms with Crippen molar-refractivity contribution in [2.24, 2.45) is 0 Å². The second-order valence-corrected chi connectivity index (χ2v) is 5.43. The second kappa shape index (κ2) is 6.24. The predicted octanol–water partition coefficient (Wildman–Crippen LogP) is 2.91. The van der Waals surface area contributed by atoms with Crippen LogP contribution in [0, 0.1) is 0 Å². The molecule has 0 spiro atoms. The molecule has 1 aromatic carbocycles. The van der Waals surface area contributed by atoms with Crippen LogP contribution < -0.4 is 14.8 Å². The molecule has 2 heterocycles. The van der Waals surface area contributed by atoms with Crippen LogP contribution in [0.5, 0.6) is 11.5 Å². The minimum absolute atomic E-state index is 0.306. The van der Waals surface area contributed by atoms with Crippen molar-refractivity contribution in [3.8, 4) is 11.5 Å². The smallest absolute Gasteiger partial charge is 0.231 e.